The summed E-state index contributed by atoms with van der Waals surface area (Å²) >= 11 is 0. The van der Waals surface area contributed by atoms with E-state index in [1.807, 2.05) is 98.7 Å². The van der Waals surface area contributed by atoms with Gasteiger partial charge in [0.05, 0.1) is 0 Å². The lowest BCUT2D eigenvalue weighted by molar-refractivity contribution is -0.148. The van der Waals surface area contributed by atoms with E-state index in [9.17, 15) is 14.4 Å². The van der Waals surface area contributed by atoms with Crippen molar-refractivity contribution >= 4 is 23.6 Å². The van der Waals surface area contributed by atoms with Crippen LogP contribution in [0.4, 0.5) is 10.5 Å². The Kier molecular flexibility index (Phi) is 11.2. The van der Waals surface area contributed by atoms with Gasteiger partial charge in [0.1, 0.15) is 17.7 Å². The lowest BCUT2D eigenvalue weighted by Crippen LogP contribution is -2.59. The summed E-state index contributed by atoms with van der Waals surface area (Å²) in [5.41, 5.74) is 3.90. The van der Waals surface area contributed by atoms with E-state index in [1.54, 1.807) is 25.7 Å². The van der Waals surface area contributed by atoms with Crippen molar-refractivity contribution in [1.29, 1.82) is 0 Å². The Balaban J connectivity index is 2.73. The first kappa shape index (κ1) is 33.9. The molecule has 2 rings (SSSR count). The van der Waals surface area contributed by atoms with Gasteiger partial charge in [-0.1, -0.05) is 62.7 Å². The summed E-state index contributed by atoms with van der Waals surface area (Å²) in [4.78, 5) is 43.6. The average Bonchev–Trinajstić information content (AvgIpc) is 2.83. The first-order valence-electron chi connectivity index (χ1n) is 14.6. The van der Waals surface area contributed by atoms with E-state index in [-0.39, 0.29) is 17.7 Å². The molecule has 2 unspecified atom stereocenters. The zero-order valence-electron chi connectivity index (χ0n) is 27.2. The van der Waals surface area contributed by atoms with Crippen molar-refractivity contribution in [2.45, 2.75) is 119 Å². The van der Waals surface area contributed by atoms with Gasteiger partial charge in [0, 0.05) is 11.2 Å². The number of hydrogen-bond donors (Lipinski definition) is 2. The third-order valence-electron chi connectivity index (χ3n) is 7.41. The van der Waals surface area contributed by atoms with Crippen LogP contribution in [0.25, 0.3) is 0 Å². The molecule has 0 aromatic heterocycles. The zero-order chi connectivity index (χ0) is 31.3. The molecule has 0 radical (unpaired) electrons. The van der Waals surface area contributed by atoms with E-state index < -0.39 is 29.3 Å². The van der Waals surface area contributed by atoms with E-state index in [1.165, 1.54) is 0 Å². The van der Waals surface area contributed by atoms with Crippen molar-refractivity contribution in [2.24, 2.45) is 5.92 Å². The fourth-order valence-corrected chi connectivity index (χ4v) is 4.99. The highest BCUT2D eigenvalue weighted by atomic mass is 16.6. The van der Waals surface area contributed by atoms with E-state index in [0.29, 0.717) is 12.8 Å². The van der Waals surface area contributed by atoms with Gasteiger partial charge in [-0.2, -0.15) is 0 Å². The van der Waals surface area contributed by atoms with Crippen LogP contribution in [0.15, 0.2) is 36.4 Å². The lowest BCUT2D eigenvalue weighted by Gasteiger charge is -2.45. The molecule has 7 nitrogen and oxygen atoms in total. The SMILES string of the molecule is CCC(C)(C)N(C(=O)C(CC(C)C)NC(=O)OC(C)(C)C)C(C(=O)Nc1c(C)cccc1C)c1ccc(C)cc1C. The molecule has 0 heterocycles. The maximum Gasteiger partial charge on any atom is 0.408 e. The van der Waals surface area contributed by atoms with Gasteiger partial charge in [-0.3, -0.25) is 9.59 Å². The number of alkyl carbamates (subject to hydrolysis) is 1. The van der Waals surface area contributed by atoms with Gasteiger partial charge < -0.3 is 20.3 Å². The molecule has 0 bridgehead atoms. The topological polar surface area (TPSA) is 87.7 Å². The highest BCUT2D eigenvalue weighted by molar-refractivity contribution is 6.00. The Bertz CT molecular complexity index is 1220. The maximum atomic E-state index is 14.6. The molecular weight excluding hydrogens is 514 g/mol. The van der Waals surface area contributed by atoms with Gasteiger partial charge >= 0.3 is 6.09 Å². The Morgan fingerprint density at radius 2 is 1.49 bits per heavy atom. The number of rotatable bonds is 10. The number of hydrogen-bond acceptors (Lipinski definition) is 4. The quantitative estimate of drug-likeness (QED) is 0.311. The van der Waals surface area contributed by atoms with Crippen molar-refractivity contribution in [3.05, 3.63) is 64.2 Å². The van der Waals surface area contributed by atoms with Gasteiger partial charge in [0.25, 0.3) is 5.91 Å². The predicted octanol–water partition coefficient (Wildman–Crippen LogP) is 7.56. The van der Waals surface area contributed by atoms with E-state index in [4.69, 9.17) is 4.74 Å². The largest absolute Gasteiger partial charge is 0.444 e. The summed E-state index contributed by atoms with van der Waals surface area (Å²) in [5.74, 6) is -0.517. The van der Waals surface area contributed by atoms with Gasteiger partial charge in [0.2, 0.25) is 5.91 Å². The van der Waals surface area contributed by atoms with Crippen molar-refractivity contribution in [2.75, 3.05) is 5.32 Å². The minimum atomic E-state index is -0.938. The lowest BCUT2D eigenvalue weighted by atomic mass is 9.89. The minimum absolute atomic E-state index is 0.105. The number of aryl methyl sites for hydroxylation is 4. The molecule has 2 N–H and O–H groups in total. The van der Waals surface area contributed by atoms with Crippen molar-refractivity contribution in [1.82, 2.24) is 10.2 Å². The zero-order valence-corrected chi connectivity index (χ0v) is 27.2. The molecule has 0 saturated heterocycles. The Morgan fingerprint density at radius 3 is 1.98 bits per heavy atom. The van der Waals surface area contributed by atoms with E-state index in [2.05, 4.69) is 10.6 Å². The normalized spacial score (nSPS) is 13.4. The number of nitrogens with one attached hydrogen (secondary N) is 2. The molecule has 0 fully saturated rings. The molecule has 7 heteroatoms. The Labute approximate surface area is 247 Å². The van der Waals surface area contributed by atoms with Crippen LogP contribution in [0.2, 0.25) is 0 Å². The minimum Gasteiger partial charge on any atom is -0.444 e. The van der Waals surface area contributed by atoms with Crippen LogP contribution in [0.5, 0.6) is 0 Å². The number of carbonyl (C=O) groups is 3. The molecule has 0 aliphatic rings. The van der Waals surface area contributed by atoms with E-state index >= 15 is 0 Å². The van der Waals surface area contributed by atoms with Crippen molar-refractivity contribution in [3.63, 3.8) is 0 Å². The number of benzene rings is 2. The number of ether oxygens (including phenoxy) is 1. The third-order valence-corrected chi connectivity index (χ3v) is 7.41. The van der Waals surface area contributed by atoms with Crippen LogP contribution in [-0.2, 0) is 14.3 Å². The average molecular weight is 566 g/mol. The van der Waals surface area contributed by atoms with Crippen LogP contribution in [0.1, 0.15) is 102 Å². The molecule has 0 spiro atoms. The molecule has 0 aliphatic carbocycles. The molecule has 2 aromatic carbocycles. The molecule has 0 saturated carbocycles. The van der Waals surface area contributed by atoms with Gasteiger partial charge in [-0.25, -0.2) is 4.79 Å². The number of amides is 3. The second-order valence-electron chi connectivity index (χ2n) is 13.2. The molecule has 2 aromatic rings. The third kappa shape index (κ3) is 9.07. The van der Waals surface area contributed by atoms with Crippen molar-refractivity contribution < 1.29 is 19.1 Å². The van der Waals surface area contributed by atoms with Crippen molar-refractivity contribution in [3.8, 4) is 0 Å². The smallest absolute Gasteiger partial charge is 0.408 e. The molecule has 226 valence electrons. The summed E-state index contributed by atoms with van der Waals surface area (Å²) in [6.07, 6.45) is 0.332. The van der Waals surface area contributed by atoms with Crippen LogP contribution >= 0.6 is 0 Å². The molecule has 3 amide bonds. The highest BCUT2D eigenvalue weighted by Gasteiger charge is 2.43. The van der Waals surface area contributed by atoms with Crippen LogP contribution < -0.4 is 10.6 Å². The monoisotopic (exact) mass is 565 g/mol. The first-order valence-corrected chi connectivity index (χ1v) is 14.6. The molecule has 0 aliphatic heterocycles. The van der Waals surface area contributed by atoms with Gasteiger partial charge in [-0.15, -0.1) is 0 Å². The van der Waals surface area contributed by atoms with E-state index in [0.717, 1.165) is 33.5 Å². The second-order valence-corrected chi connectivity index (χ2v) is 13.2. The summed E-state index contributed by atoms with van der Waals surface area (Å²) in [6, 6.07) is 9.98. The Hall–Kier alpha value is -3.35. The number of anilines is 1. The molecular formula is C34H51N3O4. The molecule has 2 atom stereocenters. The maximum absolute atomic E-state index is 14.6. The summed E-state index contributed by atoms with van der Waals surface area (Å²) < 4.78 is 5.52. The fourth-order valence-electron chi connectivity index (χ4n) is 4.99. The predicted molar refractivity (Wildman–Crippen MR) is 167 cm³/mol. The van der Waals surface area contributed by atoms with Crippen LogP contribution in [0, 0.1) is 33.6 Å². The summed E-state index contributed by atoms with van der Waals surface area (Å²) in [7, 11) is 0. The number of carbonyl (C=O) groups excluding carboxylic acids is 3. The van der Waals surface area contributed by atoms with Gasteiger partial charge in [0.15, 0.2) is 0 Å². The summed E-state index contributed by atoms with van der Waals surface area (Å²) in [6.45, 7) is 23.2. The number of para-hydroxylation sites is 1. The molecule has 41 heavy (non-hydrogen) atoms. The van der Waals surface area contributed by atoms with Crippen LogP contribution in [0.3, 0.4) is 0 Å². The van der Waals surface area contributed by atoms with Gasteiger partial charge in [-0.05, 0) is 103 Å². The van der Waals surface area contributed by atoms with Crippen LogP contribution in [-0.4, -0.2) is 40.0 Å². The first-order chi connectivity index (χ1) is 18.9. The summed E-state index contributed by atoms with van der Waals surface area (Å²) in [5, 5.41) is 5.99. The fraction of sp³-hybridized carbons (Fsp3) is 0.559. The second kappa shape index (κ2) is 13.5. The standard InChI is InChI=1S/C34H51N3O4/c1-13-34(11,12)37(31(39)27(19-21(2)3)35-32(40)41-33(8,9)10)29(26-18-17-22(4)20-25(26)7)30(38)36-28-23(5)15-14-16-24(28)6/h14-18,20-21,27,29H,13,19H2,1-12H3,(H,35,40)(H,36,38). The number of nitrogens with zero attached hydrogens (tertiary/aromatic N) is 1. The highest BCUT2D eigenvalue weighted by Crippen LogP contribution is 2.35. The Morgan fingerprint density at radius 1 is 0.902 bits per heavy atom.